The third-order valence-electron chi connectivity index (χ3n) is 12.4. The van der Waals surface area contributed by atoms with Gasteiger partial charge in [0.25, 0.3) is 0 Å². The first-order chi connectivity index (χ1) is 14.7. The molecule has 0 aliphatic heterocycles. The van der Waals surface area contributed by atoms with Gasteiger partial charge in [-0.2, -0.15) is 0 Å². The predicted octanol–water partition coefficient (Wildman–Crippen LogP) is 9.44. The fourth-order valence-corrected chi connectivity index (χ4v) is 10.8. The van der Waals surface area contributed by atoms with Crippen LogP contribution >= 0.6 is 0 Å². The number of rotatable bonds is 5. The second kappa shape index (κ2) is 7.91. The molecule has 5 aliphatic rings. The molecule has 0 N–H and O–H groups in total. The molecule has 0 heteroatoms. The zero-order valence-corrected chi connectivity index (χ0v) is 21.6. The van der Waals surface area contributed by atoms with Crippen LogP contribution in [0.3, 0.4) is 0 Å². The zero-order valence-electron chi connectivity index (χ0n) is 21.6. The van der Waals surface area contributed by atoms with Crippen molar-refractivity contribution in [2.75, 3.05) is 0 Å². The van der Waals surface area contributed by atoms with Crippen LogP contribution < -0.4 is 0 Å². The van der Waals surface area contributed by atoms with Crippen LogP contribution in [0.2, 0.25) is 0 Å². The quantitative estimate of drug-likeness (QED) is 0.385. The van der Waals surface area contributed by atoms with E-state index in [-0.39, 0.29) is 0 Å². The second-order valence-electron chi connectivity index (χ2n) is 14.5. The third kappa shape index (κ3) is 3.60. The van der Waals surface area contributed by atoms with Crippen molar-refractivity contribution in [2.45, 2.75) is 125 Å². The van der Waals surface area contributed by atoms with E-state index in [2.05, 4.69) is 41.2 Å². The maximum absolute atomic E-state index is 4.29. The number of hydrogen-bond donors (Lipinski definition) is 0. The summed E-state index contributed by atoms with van der Waals surface area (Å²) >= 11 is 0. The molecule has 0 unspecified atom stereocenters. The second-order valence-corrected chi connectivity index (χ2v) is 14.5. The number of fused-ring (bicyclic) bond motifs is 5. The van der Waals surface area contributed by atoms with E-state index in [0.717, 1.165) is 41.4 Å². The van der Waals surface area contributed by atoms with Gasteiger partial charge in [-0.3, -0.25) is 0 Å². The highest BCUT2D eigenvalue weighted by Gasteiger charge is 2.62. The molecule has 0 saturated heterocycles. The average molecular weight is 425 g/mol. The molecule has 5 fully saturated rings. The van der Waals surface area contributed by atoms with Crippen molar-refractivity contribution in [3.8, 4) is 0 Å². The first-order valence-electron chi connectivity index (χ1n) is 14.3. The maximum atomic E-state index is 4.29. The summed E-state index contributed by atoms with van der Waals surface area (Å²) in [4.78, 5) is 0. The van der Waals surface area contributed by atoms with Gasteiger partial charge >= 0.3 is 0 Å². The molecule has 0 nitrogen and oxygen atoms in total. The molecule has 0 amide bonds. The summed E-state index contributed by atoms with van der Waals surface area (Å²) in [5.41, 5.74) is 3.56. The topological polar surface area (TPSA) is 0 Å². The van der Waals surface area contributed by atoms with Crippen LogP contribution in [0.4, 0.5) is 0 Å². The fourth-order valence-electron chi connectivity index (χ4n) is 10.8. The van der Waals surface area contributed by atoms with Gasteiger partial charge in [0.15, 0.2) is 0 Å². The smallest absolute Gasteiger partial charge is 0.0220 e. The van der Waals surface area contributed by atoms with E-state index in [4.69, 9.17) is 0 Å². The molecule has 31 heavy (non-hydrogen) atoms. The molecule has 0 radical (unpaired) electrons. The molecule has 8 atom stereocenters. The molecule has 1 spiro atoms. The Morgan fingerprint density at radius 2 is 1.58 bits per heavy atom. The van der Waals surface area contributed by atoms with Gasteiger partial charge in [-0.15, -0.1) is 0 Å². The van der Waals surface area contributed by atoms with E-state index in [1.165, 1.54) is 44.9 Å². The summed E-state index contributed by atoms with van der Waals surface area (Å²) in [5, 5.41) is 0. The van der Waals surface area contributed by atoms with E-state index in [9.17, 15) is 0 Å². The van der Waals surface area contributed by atoms with Gasteiger partial charge in [-0.05, 0) is 128 Å². The Hall–Kier alpha value is -0.260. The van der Waals surface area contributed by atoms with Gasteiger partial charge in [0.05, 0.1) is 0 Å². The Bertz CT molecular complexity index is 678. The molecule has 5 rings (SSSR count). The van der Waals surface area contributed by atoms with E-state index in [1.54, 1.807) is 50.5 Å². The Morgan fingerprint density at radius 1 is 0.839 bits per heavy atom. The predicted molar refractivity (Wildman–Crippen MR) is 134 cm³/mol. The lowest BCUT2D eigenvalue weighted by molar-refractivity contribution is -0.138. The van der Waals surface area contributed by atoms with Crippen LogP contribution in [0.1, 0.15) is 125 Å². The standard InChI is InChI=1S/C31H52/c1-21(2)8-7-9-23(4)26-12-13-27-25-11-10-24-20-31(18-22(3)19-31)17-16-29(24,5)28(25)14-15-30(26,27)6/h21,23-28H,3,7-20H2,1-2,4-6H3/t23-,24+,25+,26-,27+,28+,29+,30-/m1/s1. The Balaban J connectivity index is 1.28. The van der Waals surface area contributed by atoms with Crippen molar-refractivity contribution in [3.63, 3.8) is 0 Å². The molecular weight excluding hydrogens is 372 g/mol. The van der Waals surface area contributed by atoms with Crippen molar-refractivity contribution in [1.29, 1.82) is 0 Å². The summed E-state index contributed by atoms with van der Waals surface area (Å²) in [5.74, 6) is 6.98. The lowest BCUT2D eigenvalue weighted by Crippen LogP contribution is -2.55. The van der Waals surface area contributed by atoms with Crippen LogP contribution in [-0.4, -0.2) is 0 Å². The van der Waals surface area contributed by atoms with E-state index in [0.29, 0.717) is 16.2 Å². The molecular formula is C31H52. The maximum Gasteiger partial charge on any atom is -0.0220 e. The highest BCUT2D eigenvalue weighted by atomic mass is 14.7. The van der Waals surface area contributed by atoms with Crippen molar-refractivity contribution < 1.29 is 0 Å². The van der Waals surface area contributed by atoms with E-state index in [1.807, 2.05) is 0 Å². The highest BCUT2D eigenvalue weighted by Crippen LogP contribution is 2.71. The summed E-state index contributed by atoms with van der Waals surface area (Å²) in [6.45, 7) is 17.2. The number of hydrogen-bond acceptors (Lipinski definition) is 0. The van der Waals surface area contributed by atoms with Gasteiger partial charge in [-0.25, -0.2) is 0 Å². The van der Waals surface area contributed by atoms with E-state index >= 15 is 0 Å². The molecule has 0 aromatic heterocycles. The normalized spacial score (nSPS) is 46.9. The minimum Gasteiger partial charge on any atom is -0.0998 e. The molecule has 176 valence electrons. The van der Waals surface area contributed by atoms with Crippen molar-refractivity contribution >= 4 is 0 Å². The van der Waals surface area contributed by atoms with Crippen LogP contribution in [0.5, 0.6) is 0 Å². The third-order valence-corrected chi connectivity index (χ3v) is 12.4. The van der Waals surface area contributed by atoms with Crippen LogP contribution in [0.15, 0.2) is 12.2 Å². The summed E-state index contributed by atoms with van der Waals surface area (Å²) in [6.07, 6.45) is 21.0. The van der Waals surface area contributed by atoms with Gasteiger partial charge in [0, 0.05) is 0 Å². The average Bonchev–Trinajstić information content (AvgIpc) is 3.04. The van der Waals surface area contributed by atoms with Crippen LogP contribution in [0, 0.1) is 57.7 Å². The SMILES string of the molecule is C=C1CC2(CC[C@@]3(C)[C@@H](CC[C@@H]4[C@@H]3CC[C@]3(C)[C@@H]([C@H](C)CCCC(C)C)CC[C@@H]43)C2)C1. The summed E-state index contributed by atoms with van der Waals surface area (Å²) in [7, 11) is 0. The number of allylic oxidation sites excluding steroid dienone is 1. The lowest BCUT2D eigenvalue weighted by atomic mass is 9.41. The highest BCUT2D eigenvalue weighted by molar-refractivity contribution is 5.19. The van der Waals surface area contributed by atoms with Crippen LogP contribution in [0.25, 0.3) is 0 Å². The van der Waals surface area contributed by atoms with Crippen molar-refractivity contribution in [2.24, 2.45) is 57.7 Å². The lowest BCUT2D eigenvalue weighted by Gasteiger charge is -2.64. The first kappa shape index (κ1) is 22.5. The first-order valence-corrected chi connectivity index (χ1v) is 14.3. The zero-order chi connectivity index (χ0) is 22.0. The Morgan fingerprint density at radius 3 is 2.29 bits per heavy atom. The Labute approximate surface area is 194 Å². The fraction of sp³-hybridized carbons (Fsp3) is 0.935. The molecule has 5 aliphatic carbocycles. The van der Waals surface area contributed by atoms with Crippen molar-refractivity contribution in [3.05, 3.63) is 12.2 Å². The largest absolute Gasteiger partial charge is 0.0998 e. The molecule has 0 bridgehead atoms. The Kier molecular flexibility index (Phi) is 5.75. The van der Waals surface area contributed by atoms with Gasteiger partial charge in [0.1, 0.15) is 0 Å². The minimum atomic E-state index is 0.656. The monoisotopic (exact) mass is 424 g/mol. The van der Waals surface area contributed by atoms with E-state index < -0.39 is 0 Å². The molecule has 0 heterocycles. The van der Waals surface area contributed by atoms with Crippen LogP contribution in [-0.2, 0) is 0 Å². The molecule has 5 saturated carbocycles. The van der Waals surface area contributed by atoms with Crippen molar-refractivity contribution in [1.82, 2.24) is 0 Å². The molecule has 0 aromatic rings. The summed E-state index contributed by atoms with van der Waals surface area (Å²) < 4.78 is 0. The minimum absolute atomic E-state index is 0.656. The van der Waals surface area contributed by atoms with Gasteiger partial charge in [-0.1, -0.05) is 66.0 Å². The summed E-state index contributed by atoms with van der Waals surface area (Å²) in [6, 6.07) is 0. The molecule has 0 aromatic carbocycles. The van der Waals surface area contributed by atoms with Gasteiger partial charge < -0.3 is 0 Å². The van der Waals surface area contributed by atoms with Gasteiger partial charge in [0.2, 0.25) is 0 Å².